The Bertz CT molecular complexity index is 157. The quantitative estimate of drug-likeness (QED) is 0.483. The third-order valence-corrected chi connectivity index (χ3v) is 1.31. The fourth-order valence-electron chi connectivity index (χ4n) is 0.739. The van der Waals surface area contributed by atoms with Crippen LogP contribution < -0.4 is 0 Å². The van der Waals surface area contributed by atoms with Gasteiger partial charge in [-0.1, -0.05) is 25.0 Å². The number of aliphatic hydroxyl groups excluding tert-OH is 2. The van der Waals surface area contributed by atoms with E-state index in [-0.39, 0.29) is 12.4 Å². The molecule has 0 saturated heterocycles. The first kappa shape index (κ1) is 10.2. The number of hydrogen-bond donors (Lipinski definition) is 2. The van der Waals surface area contributed by atoms with Crippen molar-refractivity contribution in [3.8, 4) is 0 Å². The lowest BCUT2D eigenvalue weighted by Crippen LogP contribution is -1.87. The second kappa shape index (κ2) is 5.98. The Morgan fingerprint density at radius 3 is 2.55 bits per heavy atom. The highest BCUT2D eigenvalue weighted by Crippen LogP contribution is 2.01. The zero-order valence-corrected chi connectivity index (χ0v) is 7.17. The van der Waals surface area contributed by atoms with Crippen LogP contribution in [0.15, 0.2) is 23.5 Å². The molecule has 0 spiro atoms. The lowest BCUT2D eigenvalue weighted by molar-refractivity contribution is 0.253. The molecule has 0 atom stereocenters. The van der Waals surface area contributed by atoms with E-state index in [1.807, 2.05) is 13.0 Å². The Balaban J connectivity index is 3.93. The molecular weight excluding hydrogens is 140 g/mol. The first-order valence-corrected chi connectivity index (χ1v) is 3.87. The van der Waals surface area contributed by atoms with Crippen molar-refractivity contribution in [2.45, 2.75) is 26.7 Å². The Morgan fingerprint density at radius 2 is 2.09 bits per heavy atom. The minimum absolute atomic E-state index is 0.0230. The maximum absolute atomic E-state index is 8.90. The Kier molecular flexibility index (Phi) is 5.57. The van der Waals surface area contributed by atoms with Crippen LogP contribution in [-0.4, -0.2) is 16.8 Å². The Labute approximate surface area is 67.9 Å². The van der Waals surface area contributed by atoms with Gasteiger partial charge in [-0.15, -0.1) is 0 Å². The van der Waals surface area contributed by atoms with Crippen molar-refractivity contribution in [2.75, 3.05) is 6.61 Å². The SMILES string of the molecule is CCCC=C(C)C=C(O)CO. The van der Waals surface area contributed by atoms with Crippen LogP contribution in [0.5, 0.6) is 0 Å². The van der Waals surface area contributed by atoms with Gasteiger partial charge in [-0.3, -0.25) is 0 Å². The first-order valence-electron chi connectivity index (χ1n) is 3.87. The number of aliphatic hydroxyl groups is 2. The van der Waals surface area contributed by atoms with Crippen LogP contribution in [0.2, 0.25) is 0 Å². The van der Waals surface area contributed by atoms with Gasteiger partial charge in [-0.25, -0.2) is 0 Å². The Morgan fingerprint density at radius 1 is 1.45 bits per heavy atom. The van der Waals surface area contributed by atoms with Gasteiger partial charge < -0.3 is 10.2 Å². The van der Waals surface area contributed by atoms with Gasteiger partial charge in [-0.05, 0) is 19.4 Å². The monoisotopic (exact) mass is 156 g/mol. The molecule has 0 saturated carbocycles. The van der Waals surface area contributed by atoms with Crippen LogP contribution in [-0.2, 0) is 0 Å². The number of allylic oxidation sites excluding steroid dienone is 3. The molecule has 0 unspecified atom stereocenters. The number of rotatable bonds is 4. The molecule has 2 nitrogen and oxygen atoms in total. The van der Waals surface area contributed by atoms with Crippen LogP contribution in [0.25, 0.3) is 0 Å². The maximum Gasteiger partial charge on any atom is 0.118 e. The maximum atomic E-state index is 8.90. The predicted octanol–water partition coefficient (Wildman–Crippen LogP) is 2.17. The van der Waals surface area contributed by atoms with E-state index in [9.17, 15) is 0 Å². The summed E-state index contributed by atoms with van der Waals surface area (Å²) in [6.45, 7) is 3.72. The molecule has 0 rings (SSSR count). The van der Waals surface area contributed by atoms with Crippen molar-refractivity contribution in [3.05, 3.63) is 23.5 Å². The molecule has 0 bridgehead atoms. The van der Waals surface area contributed by atoms with Crippen molar-refractivity contribution in [3.63, 3.8) is 0 Å². The van der Waals surface area contributed by atoms with Gasteiger partial charge in [0.05, 0.1) is 0 Å². The topological polar surface area (TPSA) is 40.5 Å². The number of unbranched alkanes of at least 4 members (excludes halogenated alkanes) is 1. The molecule has 0 aliphatic rings. The summed E-state index contributed by atoms with van der Waals surface area (Å²) in [4.78, 5) is 0. The zero-order valence-electron chi connectivity index (χ0n) is 7.17. The van der Waals surface area contributed by atoms with E-state index < -0.39 is 0 Å². The van der Waals surface area contributed by atoms with Crippen LogP contribution in [0.4, 0.5) is 0 Å². The van der Waals surface area contributed by atoms with Crippen molar-refractivity contribution in [1.29, 1.82) is 0 Å². The molecule has 2 heteroatoms. The van der Waals surface area contributed by atoms with Gasteiger partial charge in [-0.2, -0.15) is 0 Å². The molecule has 0 aliphatic carbocycles. The van der Waals surface area contributed by atoms with E-state index in [1.54, 1.807) is 6.08 Å². The standard InChI is InChI=1S/C9H16O2/c1-3-4-5-8(2)6-9(11)7-10/h5-6,10-11H,3-4,7H2,1-2H3. The van der Waals surface area contributed by atoms with Crippen LogP contribution in [0.1, 0.15) is 26.7 Å². The molecule has 2 N–H and O–H groups in total. The predicted molar refractivity (Wildman–Crippen MR) is 46.5 cm³/mol. The molecule has 0 fully saturated rings. The van der Waals surface area contributed by atoms with Gasteiger partial charge >= 0.3 is 0 Å². The lowest BCUT2D eigenvalue weighted by Gasteiger charge is -1.94. The Hall–Kier alpha value is -0.760. The minimum Gasteiger partial charge on any atom is -0.510 e. The van der Waals surface area contributed by atoms with Crippen LogP contribution in [0, 0.1) is 0 Å². The average molecular weight is 156 g/mol. The van der Waals surface area contributed by atoms with Gasteiger partial charge in [0.2, 0.25) is 0 Å². The van der Waals surface area contributed by atoms with Crippen molar-refractivity contribution >= 4 is 0 Å². The molecular formula is C9H16O2. The van der Waals surface area contributed by atoms with E-state index in [4.69, 9.17) is 10.2 Å². The van der Waals surface area contributed by atoms with Crippen molar-refractivity contribution in [1.82, 2.24) is 0 Å². The summed E-state index contributed by atoms with van der Waals surface area (Å²) in [5.41, 5.74) is 0.999. The minimum atomic E-state index is -0.280. The number of hydrogen-bond acceptors (Lipinski definition) is 2. The molecule has 0 aliphatic heterocycles. The summed E-state index contributed by atoms with van der Waals surface area (Å²) in [5.74, 6) is 0.0230. The highest BCUT2D eigenvalue weighted by atomic mass is 16.3. The average Bonchev–Trinajstić information content (AvgIpc) is 2.00. The zero-order chi connectivity index (χ0) is 8.69. The second-order valence-electron chi connectivity index (χ2n) is 2.53. The van der Waals surface area contributed by atoms with Crippen molar-refractivity contribution in [2.24, 2.45) is 0 Å². The largest absolute Gasteiger partial charge is 0.510 e. The summed E-state index contributed by atoms with van der Waals surface area (Å²) in [5, 5.41) is 17.4. The summed E-state index contributed by atoms with van der Waals surface area (Å²) in [6.07, 6.45) is 5.73. The second-order valence-corrected chi connectivity index (χ2v) is 2.53. The van der Waals surface area contributed by atoms with Gasteiger partial charge in [0.25, 0.3) is 0 Å². The molecule has 64 valence electrons. The summed E-state index contributed by atoms with van der Waals surface area (Å²) >= 11 is 0. The van der Waals surface area contributed by atoms with E-state index in [1.165, 1.54) is 0 Å². The van der Waals surface area contributed by atoms with Crippen LogP contribution >= 0.6 is 0 Å². The third kappa shape index (κ3) is 5.67. The third-order valence-electron chi connectivity index (χ3n) is 1.31. The summed E-state index contributed by atoms with van der Waals surface area (Å²) in [7, 11) is 0. The highest BCUT2D eigenvalue weighted by Gasteiger charge is 1.88. The summed E-state index contributed by atoms with van der Waals surface area (Å²) < 4.78 is 0. The molecule has 0 aromatic rings. The van der Waals surface area contributed by atoms with E-state index in [0.29, 0.717) is 0 Å². The molecule has 0 aromatic heterocycles. The van der Waals surface area contributed by atoms with Crippen LogP contribution in [0.3, 0.4) is 0 Å². The molecule has 0 amide bonds. The normalized spacial score (nSPS) is 13.7. The lowest BCUT2D eigenvalue weighted by atomic mass is 10.2. The van der Waals surface area contributed by atoms with Gasteiger partial charge in [0, 0.05) is 0 Å². The molecule has 0 aromatic carbocycles. The fraction of sp³-hybridized carbons (Fsp3) is 0.556. The first-order chi connectivity index (χ1) is 5.20. The van der Waals surface area contributed by atoms with E-state index >= 15 is 0 Å². The van der Waals surface area contributed by atoms with E-state index in [2.05, 4.69) is 6.92 Å². The van der Waals surface area contributed by atoms with Gasteiger partial charge in [0.1, 0.15) is 12.4 Å². The fourth-order valence-corrected chi connectivity index (χ4v) is 0.739. The summed E-state index contributed by atoms with van der Waals surface area (Å²) in [6, 6.07) is 0. The molecule has 0 heterocycles. The van der Waals surface area contributed by atoms with Gasteiger partial charge in [0.15, 0.2) is 0 Å². The highest BCUT2D eigenvalue weighted by molar-refractivity contribution is 5.18. The molecule has 0 radical (unpaired) electrons. The van der Waals surface area contributed by atoms with Crippen molar-refractivity contribution < 1.29 is 10.2 Å². The van der Waals surface area contributed by atoms with E-state index in [0.717, 1.165) is 18.4 Å². The smallest absolute Gasteiger partial charge is 0.118 e. The molecule has 11 heavy (non-hydrogen) atoms.